The van der Waals surface area contributed by atoms with Gasteiger partial charge in [-0.3, -0.25) is 38.4 Å². The molecular formula is C70H84F8N8O10. The summed E-state index contributed by atoms with van der Waals surface area (Å²) in [5.41, 5.74) is 1.27. The third-order valence-electron chi connectivity index (χ3n) is 12.6. The fourth-order valence-corrected chi connectivity index (χ4v) is 7.66. The first-order chi connectivity index (χ1) is 45.3. The molecule has 0 saturated heterocycles. The number of ketones is 4. The first-order valence-corrected chi connectivity index (χ1v) is 30.0. The minimum absolute atomic E-state index is 0.00465. The summed E-state index contributed by atoms with van der Waals surface area (Å²) in [6.45, 7) is 7.03. The van der Waals surface area contributed by atoms with Crippen LogP contribution in [0.4, 0.5) is 35.1 Å². The Kier molecular flexibility index (Phi) is 37.0. The van der Waals surface area contributed by atoms with Gasteiger partial charge in [0.2, 0.25) is 0 Å². The molecule has 0 heterocycles. The van der Waals surface area contributed by atoms with Crippen molar-refractivity contribution in [1.29, 1.82) is 0 Å². The van der Waals surface area contributed by atoms with Gasteiger partial charge in [0.25, 0.3) is 23.6 Å². The molecule has 0 atom stereocenters. The van der Waals surface area contributed by atoms with Gasteiger partial charge in [-0.25, -0.2) is 35.1 Å². The van der Waals surface area contributed by atoms with E-state index in [2.05, 4.69) is 21.3 Å². The molecule has 0 spiro atoms. The predicted octanol–water partition coefficient (Wildman–Crippen LogP) is 9.48. The first-order valence-electron chi connectivity index (χ1n) is 30.0. The SMILES string of the molecule is CC(C)CCOCC(=O)/C(=C\N(C)C)C(=O)NCc1ccc(F)cc1F.CCC(=O)/C(=C\N(C)C)C(=O)NCc1ccc(F)cc1F.CCC(=O)/C(=C\N(C)C)C(=O)NCc1ccc(F)cc1F.CN(C)/C=C(\C(=O)COCc1ccccc1)C(=O)NCc1ccc(F)cc1F. The molecule has 26 heteroatoms. The predicted molar refractivity (Wildman–Crippen MR) is 347 cm³/mol. The highest BCUT2D eigenvalue weighted by Crippen LogP contribution is 2.15. The van der Waals surface area contributed by atoms with E-state index in [1.807, 2.05) is 44.2 Å². The number of rotatable bonds is 31. The van der Waals surface area contributed by atoms with E-state index < -0.39 is 81.7 Å². The average molecular weight is 1350 g/mol. The minimum Gasteiger partial charge on any atom is -0.383 e. The number of amides is 4. The number of benzene rings is 5. The molecule has 5 aromatic rings. The summed E-state index contributed by atoms with van der Waals surface area (Å²) in [6, 6.07) is 21.7. The molecule has 96 heavy (non-hydrogen) atoms. The number of hydrogen-bond donors (Lipinski definition) is 4. The smallest absolute Gasteiger partial charge is 0.256 e. The van der Waals surface area contributed by atoms with Crippen molar-refractivity contribution in [3.63, 3.8) is 0 Å². The zero-order chi connectivity index (χ0) is 72.2. The molecule has 18 nitrogen and oxygen atoms in total. The van der Waals surface area contributed by atoms with E-state index in [1.165, 1.54) is 49.1 Å². The Morgan fingerprint density at radius 1 is 0.396 bits per heavy atom. The van der Waals surface area contributed by atoms with Gasteiger partial charge in [-0.2, -0.15) is 0 Å². The maximum absolute atomic E-state index is 13.7. The van der Waals surface area contributed by atoms with Gasteiger partial charge in [0, 0.05) is 173 Å². The van der Waals surface area contributed by atoms with Crippen LogP contribution in [-0.2, 0) is 80.6 Å². The van der Waals surface area contributed by atoms with Crippen molar-refractivity contribution < 1.29 is 83.0 Å². The highest BCUT2D eigenvalue weighted by molar-refractivity contribution is 6.21. The number of halogens is 8. The zero-order valence-corrected chi connectivity index (χ0v) is 55.9. The summed E-state index contributed by atoms with van der Waals surface area (Å²) >= 11 is 0. The number of carbonyl (C=O) groups excluding carboxylic acids is 8. The number of ether oxygens (including phenoxy) is 2. The highest BCUT2D eigenvalue weighted by Gasteiger charge is 2.23. The van der Waals surface area contributed by atoms with Gasteiger partial charge in [0.15, 0.2) is 23.1 Å². The second-order valence-corrected chi connectivity index (χ2v) is 22.3. The van der Waals surface area contributed by atoms with Gasteiger partial charge in [0.05, 0.1) is 17.8 Å². The van der Waals surface area contributed by atoms with Crippen LogP contribution in [0.1, 0.15) is 74.8 Å². The molecule has 5 rings (SSSR count). The highest BCUT2D eigenvalue weighted by atomic mass is 19.2. The van der Waals surface area contributed by atoms with Crippen LogP contribution < -0.4 is 21.3 Å². The summed E-state index contributed by atoms with van der Waals surface area (Å²) in [5.74, 6) is -9.35. The molecule has 0 aromatic heterocycles. The molecule has 0 aliphatic rings. The van der Waals surface area contributed by atoms with Crippen LogP contribution >= 0.6 is 0 Å². The number of Topliss-reactive ketones (excluding diaryl/α,β-unsaturated/α-hetero) is 4. The lowest BCUT2D eigenvalue weighted by Crippen LogP contribution is -2.31. The average Bonchev–Trinajstić information content (AvgIpc) is 1.08. The molecule has 0 saturated carbocycles. The molecular weight excluding hydrogens is 1260 g/mol. The van der Waals surface area contributed by atoms with E-state index in [0.29, 0.717) is 12.5 Å². The molecule has 0 aliphatic carbocycles. The van der Waals surface area contributed by atoms with Crippen LogP contribution in [-0.4, -0.2) is 143 Å². The first kappa shape index (κ1) is 82.3. The van der Waals surface area contributed by atoms with Crippen LogP contribution in [0.2, 0.25) is 0 Å². The monoisotopic (exact) mass is 1350 g/mol. The summed E-state index contributed by atoms with van der Waals surface area (Å²) in [7, 11) is 13.5. The summed E-state index contributed by atoms with van der Waals surface area (Å²) in [6.07, 6.45) is 6.81. The fraction of sp³-hybridized carbons (Fsp3) is 0.343. The van der Waals surface area contributed by atoms with Crippen molar-refractivity contribution in [1.82, 2.24) is 40.9 Å². The van der Waals surface area contributed by atoms with Crippen molar-refractivity contribution in [3.05, 3.63) is 225 Å². The molecule has 0 aliphatic heterocycles. The third kappa shape index (κ3) is 31.9. The van der Waals surface area contributed by atoms with Crippen LogP contribution in [0, 0.1) is 52.5 Å². The van der Waals surface area contributed by atoms with E-state index in [0.717, 1.165) is 60.5 Å². The molecule has 4 amide bonds. The second-order valence-electron chi connectivity index (χ2n) is 22.3. The molecule has 4 N–H and O–H groups in total. The summed E-state index contributed by atoms with van der Waals surface area (Å²) < 4.78 is 116. The van der Waals surface area contributed by atoms with Crippen LogP contribution in [0.3, 0.4) is 0 Å². The number of nitrogens with zero attached hydrogens (tertiary/aromatic N) is 4. The zero-order valence-electron chi connectivity index (χ0n) is 55.9. The molecule has 0 unspecified atom stereocenters. The van der Waals surface area contributed by atoms with Gasteiger partial charge in [-0.05, 0) is 42.2 Å². The lowest BCUT2D eigenvalue weighted by atomic mass is 10.1. The third-order valence-corrected chi connectivity index (χ3v) is 12.6. The number of hydrogen-bond acceptors (Lipinski definition) is 14. The van der Waals surface area contributed by atoms with Crippen molar-refractivity contribution in [2.24, 2.45) is 5.92 Å². The van der Waals surface area contributed by atoms with E-state index in [-0.39, 0.29) is 115 Å². The molecule has 0 fully saturated rings. The maximum atomic E-state index is 13.7. The Morgan fingerprint density at radius 2 is 0.667 bits per heavy atom. The maximum Gasteiger partial charge on any atom is 0.256 e. The Hall–Kier alpha value is -9.82. The van der Waals surface area contributed by atoms with Gasteiger partial charge < -0.3 is 50.3 Å². The van der Waals surface area contributed by atoms with Gasteiger partial charge in [-0.15, -0.1) is 0 Å². The van der Waals surface area contributed by atoms with Crippen molar-refractivity contribution >= 4 is 46.8 Å². The van der Waals surface area contributed by atoms with Crippen molar-refractivity contribution in [3.8, 4) is 0 Å². The number of carbonyl (C=O) groups is 8. The topological polar surface area (TPSA) is 216 Å². The molecule has 5 aromatic carbocycles. The largest absolute Gasteiger partial charge is 0.383 e. The molecule has 0 bridgehead atoms. The van der Waals surface area contributed by atoms with Crippen molar-refractivity contribution in [2.45, 2.75) is 79.7 Å². The van der Waals surface area contributed by atoms with E-state index in [4.69, 9.17) is 9.47 Å². The lowest BCUT2D eigenvalue weighted by molar-refractivity contribution is -0.126. The Labute approximate surface area is 555 Å². The van der Waals surface area contributed by atoms with E-state index in [9.17, 15) is 73.5 Å². The number of nitrogens with one attached hydrogen (secondary N) is 4. The lowest BCUT2D eigenvalue weighted by Gasteiger charge is -2.13. The van der Waals surface area contributed by atoms with Gasteiger partial charge in [0.1, 0.15) is 70.9 Å². The van der Waals surface area contributed by atoms with Gasteiger partial charge >= 0.3 is 0 Å². The Bertz CT molecular complexity index is 3460. The summed E-state index contributed by atoms with van der Waals surface area (Å²) in [4.78, 5) is 103. The van der Waals surface area contributed by atoms with E-state index >= 15 is 0 Å². The normalized spacial score (nSPS) is 11.3. The van der Waals surface area contributed by atoms with Gasteiger partial charge in [-0.1, -0.05) is 82.3 Å². The second kappa shape index (κ2) is 43.2. The van der Waals surface area contributed by atoms with Crippen LogP contribution in [0.5, 0.6) is 0 Å². The van der Waals surface area contributed by atoms with E-state index in [1.54, 1.807) is 89.8 Å². The standard InChI is InChI=1S/C21H22F2N2O3.C19H26F2N2O3.2C15H18F2N2O2/c1-25(2)12-18(20(26)14-28-13-15-6-4-3-5-7-15)21(27)24-11-16-8-9-17(22)10-19(16)23;1-13(2)7-8-26-12-18(24)16(11-23(3)4)19(25)22-10-14-5-6-15(20)9-17(14)21;2*1-4-14(20)12(9-19(2)3)15(21)18-8-10-5-6-11(16)7-13(10)17/h3-10,12H,11,13-14H2,1-2H3,(H,24,27);5-6,9,11,13H,7-8,10,12H2,1-4H3,(H,22,25);2*5-7,9H,4,8H2,1-3H3,(H,18,21)/b18-12+;16-11+;2*12-9+. The summed E-state index contributed by atoms with van der Waals surface area (Å²) in [5, 5.41) is 9.89. The van der Waals surface area contributed by atoms with Crippen LogP contribution in [0.15, 0.2) is 150 Å². The molecule has 520 valence electrons. The minimum atomic E-state index is -0.768. The molecule has 0 radical (unpaired) electrons. The fourth-order valence-electron chi connectivity index (χ4n) is 7.66. The Morgan fingerprint density at radius 3 is 0.917 bits per heavy atom. The Balaban J connectivity index is 0.000000439. The quantitative estimate of drug-likeness (QED) is 0.0107. The van der Waals surface area contributed by atoms with Crippen molar-refractivity contribution in [2.75, 3.05) is 76.2 Å². The van der Waals surface area contributed by atoms with Crippen LogP contribution in [0.25, 0.3) is 0 Å².